The van der Waals surface area contributed by atoms with Gasteiger partial charge in [-0.3, -0.25) is 9.97 Å². The minimum Gasteiger partial charge on any atom is -0.392 e. The SMILES string of the molecule is OC/C=C(/F)c1ccc2nccnc2c1. The summed E-state index contributed by atoms with van der Waals surface area (Å²) in [6.45, 7) is -0.315. The van der Waals surface area contributed by atoms with Gasteiger partial charge in [-0.25, -0.2) is 4.39 Å². The van der Waals surface area contributed by atoms with Crippen LogP contribution < -0.4 is 0 Å². The number of halogens is 1. The Morgan fingerprint density at radius 2 is 2.00 bits per heavy atom. The van der Waals surface area contributed by atoms with Crippen molar-refractivity contribution in [2.45, 2.75) is 0 Å². The van der Waals surface area contributed by atoms with Crippen LogP contribution in [0.4, 0.5) is 4.39 Å². The number of fused-ring (bicyclic) bond motifs is 1. The highest BCUT2D eigenvalue weighted by atomic mass is 19.1. The molecule has 15 heavy (non-hydrogen) atoms. The van der Waals surface area contributed by atoms with Gasteiger partial charge < -0.3 is 5.11 Å². The molecule has 0 aliphatic heterocycles. The van der Waals surface area contributed by atoms with Crippen LogP contribution in [0, 0.1) is 0 Å². The number of aliphatic hydroxyl groups is 1. The maximum atomic E-state index is 13.3. The van der Waals surface area contributed by atoms with E-state index in [1.807, 2.05) is 0 Å². The first-order valence-electron chi connectivity index (χ1n) is 4.49. The van der Waals surface area contributed by atoms with E-state index in [1.165, 1.54) is 0 Å². The maximum Gasteiger partial charge on any atom is 0.128 e. The third kappa shape index (κ3) is 1.99. The minimum atomic E-state index is -0.454. The van der Waals surface area contributed by atoms with Crippen LogP contribution in [-0.4, -0.2) is 21.7 Å². The molecule has 1 aromatic carbocycles. The molecular formula is C11H9FN2O. The van der Waals surface area contributed by atoms with Crippen molar-refractivity contribution in [3.8, 4) is 0 Å². The Morgan fingerprint density at radius 3 is 2.73 bits per heavy atom. The van der Waals surface area contributed by atoms with E-state index in [0.717, 1.165) is 11.6 Å². The molecule has 0 fully saturated rings. The summed E-state index contributed by atoms with van der Waals surface area (Å²) in [5.41, 5.74) is 1.76. The van der Waals surface area contributed by atoms with Crippen LogP contribution in [0.5, 0.6) is 0 Å². The largest absolute Gasteiger partial charge is 0.392 e. The highest BCUT2D eigenvalue weighted by Crippen LogP contribution is 2.19. The second-order valence-electron chi connectivity index (χ2n) is 2.99. The zero-order valence-electron chi connectivity index (χ0n) is 7.89. The number of rotatable bonds is 2. The summed E-state index contributed by atoms with van der Waals surface area (Å²) in [6, 6.07) is 4.91. The lowest BCUT2D eigenvalue weighted by Crippen LogP contribution is -1.85. The first kappa shape index (κ1) is 9.73. The van der Waals surface area contributed by atoms with Crippen LogP contribution in [0.25, 0.3) is 16.9 Å². The van der Waals surface area contributed by atoms with E-state index in [2.05, 4.69) is 9.97 Å². The number of hydrogen-bond donors (Lipinski definition) is 1. The monoisotopic (exact) mass is 204 g/mol. The van der Waals surface area contributed by atoms with Gasteiger partial charge >= 0.3 is 0 Å². The second kappa shape index (κ2) is 4.14. The molecule has 0 radical (unpaired) electrons. The molecule has 0 unspecified atom stereocenters. The van der Waals surface area contributed by atoms with Crippen molar-refractivity contribution in [1.82, 2.24) is 9.97 Å². The van der Waals surface area contributed by atoms with Gasteiger partial charge in [0.25, 0.3) is 0 Å². The standard InChI is InChI=1S/C11H9FN2O/c12-9(3-6-15)8-1-2-10-11(7-8)14-5-4-13-10/h1-5,7,15H,6H2/b9-3+. The zero-order chi connectivity index (χ0) is 10.7. The fourth-order valence-corrected chi connectivity index (χ4v) is 1.31. The molecule has 0 aliphatic rings. The van der Waals surface area contributed by atoms with E-state index in [1.54, 1.807) is 30.6 Å². The van der Waals surface area contributed by atoms with Gasteiger partial charge in [0.05, 0.1) is 17.6 Å². The van der Waals surface area contributed by atoms with Crippen LogP contribution >= 0.6 is 0 Å². The van der Waals surface area contributed by atoms with E-state index in [0.29, 0.717) is 11.1 Å². The summed E-state index contributed by atoms with van der Waals surface area (Å²) in [6.07, 6.45) is 4.25. The molecule has 0 aliphatic carbocycles. The average molecular weight is 204 g/mol. The Labute approximate surface area is 85.9 Å². The van der Waals surface area contributed by atoms with E-state index < -0.39 is 5.83 Å². The van der Waals surface area contributed by atoms with Crippen molar-refractivity contribution in [3.05, 3.63) is 42.2 Å². The van der Waals surface area contributed by atoms with Crippen LogP contribution in [0.2, 0.25) is 0 Å². The van der Waals surface area contributed by atoms with Crippen molar-refractivity contribution >= 4 is 16.9 Å². The Balaban J connectivity index is 2.51. The quantitative estimate of drug-likeness (QED) is 0.813. The molecule has 0 atom stereocenters. The molecule has 4 heteroatoms. The Kier molecular flexibility index (Phi) is 2.69. The topological polar surface area (TPSA) is 46.0 Å². The van der Waals surface area contributed by atoms with Gasteiger partial charge in [-0.05, 0) is 24.3 Å². The van der Waals surface area contributed by atoms with Gasteiger partial charge in [-0.15, -0.1) is 0 Å². The summed E-state index contributed by atoms with van der Waals surface area (Å²) < 4.78 is 13.3. The fraction of sp³-hybridized carbons (Fsp3) is 0.0909. The molecule has 0 saturated carbocycles. The zero-order valence-corrected chi connectivity index (χ0v) is 7.89. The first-order valence-corrected chi connectivity index (χ1v) is 4.49. The lowest BCUT2D eigenvalue weighted by molar-refractivity contribution is 0.342. The summed E-state index contributed by atoms with van der Waals surface area (Å²) >= 11 is 0. The fourth-order valence-electron chi connectivity index (χ4n) is 1.31. The van der Waals surface area contributed by atoms with Gasteiger partial charge in [0, 0.05) is 18.0 Å². The summed E-state index contributed by atoms with van der Waals surface area (Å²) in [4.78, 5) is 8.14. The van der Waals surface area contributed by atoms with E-state index in [-0.39, 0.29) is 6.61 Å². The van der Waals surface area contributed by atoms with Crippen molar-refractivity contribution in [1.29, 1.82) is 0 Å². The molecule has 3 nitrogen and oxygen atoms in total. The maximum absolute atomic E-state index is 13.3. The summed E-state index contributed by atoms with van der Waals surface area (Å²) in [5, 5.41) is 8.57. The summed E-state index contributed by atoms with van der Waals surface area (Å²) in [7, 11) is 0. The van der Waals surface area contributed by atoms with Gasteiger partial charge in [-0.1, -0.05) is 0 Å². The molecule has 1 N–H and O–H groups in total. The second-order valence-corrected chi connectivity index (χ2v) is 2.99. The van der Waals surface area contributed by atoms with Crippen LogP contribution in [0.1, 0.15) is 5.56 Å². The molecular weight excluding hydrogens is 195 g/mol. The molecule has 1 aromatic heterocycles. The van der Waals surface area contributed by atoms with Crippen molar-refractivity contribution in [2.24, 2.45) is 0 Å². The Morgan fingerprint density at radius 1 is 1.27 bits per heavy atom. The molecule has 2 rings (SSSR count). The number of nitrogens with zero attached hydrogens (tertiary/aromatic N) is 2. The van der Waals surface area contributed by atoms with Crippen molar-refractivity contribution in [3.63, 3.8) is 0 Å². The number of benzene rings is 1. The predicted octanol–water partition coefficient (Wildman–Crippen LogP) is 1.93. The smallest absolute Gasteiger partial charge is 0.128 e. The third-order valence-corrected chi connectivity index (χ3v) is 2.02. The molecule has 2 aromatic rings. The molecule has 0 amide bonds. The number of aromatic nitrogens is 2. The normalized spacial score (nSPS) is 12.0. The van der Waals surface area contributed by atoms with Crippen LogP contribution in [0.15, 0.2) is 36.7 Å². The van der Waals surface area contributed by atoms with Crippen molar-refractivity contribution in [2.75, 3.05) is 6.61 Å². The van der Waals surface area contributed by atoms with Gasteiger partial charge in [0.15, 0.2) is 0 Å². The first-order chi connectivity index (χ1) is 7.31. The van der Waals surface area contributed by atoms with E-state index in [4.69, 9.17) is 5.11 Å². The van der Waals surface area contributed by atoms with E-state index in [9.17, 15) is 4.39 Å². The van der Waals surface area contributed by atoms with Gasteiger partial charge in [-0.2, -0.15) is 0 Å². The molecule has 0 saturated heterocycles. The van der Waals surface area contributed by atoms with E-state index >= 15 is 0 Å². The lowest BCUT2D eigenvalue weighted by atomic mass is 10.1. The van der Waals surface area contributed by atoms with Crippen molar-refractivity contribution < 1.29 is 9.50 Å². The Hall–Kier alpha value is -1.81. The lowest BCUT2D eigenvalue weighted by Gasteiger charge is -1.99. The molecule has 0 spiro atoms. The summed E-state index contributed by atoms with van der Waals surface area (Å²) in [5.74, 6) is -0.454. The highest BCUT2D eigenvalue weighted by Gasteiger charge is 2.02. The van der Waals surface area contributed by atoms with Crippen LogP contribution in [-0.2, 0) is 0 Å². The van der Waals surface area contributed by atoms with Gasteiger partial charge in [0.2, 0.25) is 0 Å². The van der Waals surface area contributed by atoms with Gasteiger partial charge in [0.1, 0.15) is 5.83 Å². The molecule has 76 valence electrons. The Bertz CT molecular complexity index is 511. The number of aliphatic hydroxyl groups excluding tert-OH is 1. The minimum absolute atomic E-state index is 0.315. The molecule has 1 heterocycles. The third-order valence-electron chi connectivity index (χ3n) is 2.02. The molecule has 0 bridgehead atoms. The average Bonchev–Trinajstić information content (AvgIpc) is 2.29. The number of hydrogen-bond acceptors (Lipinski definition) is 3. The predicted molar refractivity (Wildman–Crippen MR) is 55.7 cm³/mol. The highest BCUT2D eigenvalue weighted by molar-refractivity contribution is 5.78. The van der Waals surface area contributed by atoms with Crippen LogP contribution in [0.3, 0.4) is 0 Å².